The Morgan fingerprint density at radius 1 is 1.24 bits per heavy atom. The first-order valence-electron chi connectivity index (χ1n) is 6.18. The molecule has 0 aromatic heterocycles. The minimum atomic E-state index is -0.243. The number of rotatable bonds is 4. The monoisotopic (exact) mass is 368 g/mol. The SMILES string of the molecule is CNc1ccccc1C(=O)Nc1cc(Cl)cc(Br)c1OC. The fourth-order valence-electron chi connectivity index (χ4n) is 1.95. The van der Waals surface area contributed by atoms with Crippen LogP contribution in [0.3, 0.4) is 0 Å². The summed E-state index contributed by atoms with van der Waals surface area (Å²) in [7, 11) is 3.30. The number of hydrogen-bond acceptors (Lipinski definition) is 3. The lowest BCUT2D eigenvalue weighted by Crippen LogP contribution is -2.14. The molecule has 0 spiro atoms. The van der Waals surface area contributed by atoms with Crippen LogP contribution in [0.5, 0.6) is 5.75 Å². The zero-order valence-electron chi connectivity index (χ0n) is 11.5. The molecule has 1 amide bonds. The molecule has 110 valence electrons. The number of benzene rings is 2. The van der Waals surface area contributed by atoms with Gasteiger partial charge in [0.1, 0.15) is 0 Å². The standard InChI is InChI=1S/C15H14BrClN2O2/c1-18-12-6-4-3-5-10(12)15(20)19-13-8-9(17)7-11(16)14(13)21-2/h3-8,18H,1-2H3,(H,19,20). The van der Waals surface area contributed by atoms with Crippen LogP contribution in [0.1, 0.15) is 10.4 Å². The van der Waals surface area contributed by atoms with Crippen molar-refractivity contribution in [2.24, 2.45) is 0 Å². The summed E-state index contributed by atoms with van der Waals surface area (Å²) in [4.78, 5) is 12.4. The zero-order chi connectivity index (χ0) is 15.4. The van der Waals surface area contributed by atoms with Gasteiger partial charge in [0.05, 0.1) is 22.8 Å². The maximum Gasteiger partial charge on any atom is 0.257 e. The minimum absolute atomic E-state index is 0.243. The van der Waals surface area contributed by atoms with Crippen LogP contribution < -0.4 is 15.4 Å². The molecule has 0 fully saturated rings. The van der Waals surface area contributed by atoms with E-state index in [0.29, 0.717) is 26.5 Å². The molecule has 0 radical (unpaired) electrons. The molecule has 0 unspecified atom stereocenters. The Morgan fingerprint density at radius 2 is 1.95 bits per heavy atom. The molecule has 0 aliphatic heterocycles. The Labute approximate surface area is 136 Å². The molecule has 0 aliphatic rings. The number of amides is 1. The van der Waals surface area contributed by atoms with Crippen LogP contribution in [0.25, 0.3) is 0 Å². The van der Waals surface area contributed by atoms with Crippen molar-refractivity contribution in [3.05, 3.63) is 51.5 Å². The number of carbonyl (C=O) groups is 1. The van der Waals surface area contributed by atoms with Gasteiger partial charge >= 0.3 is 0 Å². The lowest BCUT2D eigenvalue weighted by Gasteiger charge is -2.14. The quantitative estimate of drug-likeness (QED) is 0.839. The molecular weight excluding hydrogens is 356 g/mol. The Kier molecular flexibility index (Phi) is 5.09. The summed E-state index contributed by atoms with van der Waals surface area (Å²) in [5, 5.41) is 6.30. The smallest absolute Gasteiger partial charge is 0.257 e. The Bertz CT molecular complexity index is 677. The van der Waals surface area contributed by atoms with Crippen molar-refractivity contribution in [1.29, 1.82) is 0 Å². The average molecular weight is 370 g/mol. The summed E-state index contributed by atoms with van der Waals surface area (Å²) in [6.45, 7) is 0. The summed E-state index contributed by atoms with van der Waals surface area (Å²) in [6.07, 6.45) is 0. The van der Waals surface area contributed by atoms with E-state index < -0.39 is 0 Å². The molecular formula is C15H14BrClN2O2. The fraction of sp³-hybridized carbons (Fsp3) is 0.133. The van der Waals surface area contributed by atoms with Crippen molar-refractivity contribution in [2.75, 3.05) is 24.8 Å². The summed E-state index contributed by atoms with van der Waals surface area (Å²) < 4.78 is 5.96. The highest BCUT2D eigenvalue weighted by atomic mass is 79.9. The van der Waals surface area contributed by atoms with E-state index in [0.717, 1.165) is 5.69 Å². The van der Waals surface area contributed by atoms with Crippen LogP contribution in [0.4, 0.5) is 11.4 Å². The van der Waals surface area contributed by atoms with Gasteiger partial charge in [0.2, 0.25) is 0 Å². The van der Waals surface area contributed by atoms with Crippen molar-refractivity contribution in [1.82, 2.24) is 0 Å². The first-order valence-corrected chi connectivity index (χ1v) is 7.35. The molecule has 0 saturated carbocycles. The van der Waals surface area contributed by atoms with Crippen molar-refractivity contribution < 1.29 is 9.53 Å². The number of carbonyl (C=O) groups excluding carboxylic acids is 1. The van der Waals surface area contributed by atoms with E-state index >= 15 is 0 Å². The Morgan fingerprint density at radius 3 is 2.62 bits per heavy atom. The van der Waals surface area contributed by atoms with E-state index in [1.165, 1.54) is 7.11 Å². The lowest BCUT2D eigenvalue weighted by molar-refractivity contribution is 0.102. The van der Waals surface area contributed by atoms with Crippen LogP contribution in [0, 0.1) is 0 Å². The fourth-order valence-corrected chi connectivity index (χ4v) is 2.92. The molecule has 0 bridgehead atoms. The van der Waals surface area contributed by atoms with Crippen molar-refractivity contribution in [2.45, 2.75) is 0 Å². The van der Waals surface area contributed by atoms with Gasteiger partial charge in [-0.1, -0.05) is 23.7 Å². The minimum Gasteiger partial charge on any atom is -0.493 e. The van der Waals surface area contributed by atoms with Gasteiger partial charge in [0, 0.05) is 17.8 Å². The first kappa shape index (κ1) is 15.7. The van der Waals surface area contributed by atoms with Gasteiger partial charge < -0.3 is 15.4 Å². The largest absolute Gasteiger partial charge is 0.493 e. The van der Waals surface area contributed by atoms with Gasteiger partial charge in [-0.2, -0.15) is 0 Å². The number of ether oxygens (including phenoxy) is 1. The normalized spacial score (nSPS) is 10.1. The predicted octanol–water partition coefficient (Wildman–Crippen LogP) is 4.41. The highest BCUT2D eigenvalue weighted by Crippen LogP contribution is 2.36. The van der Waals surface area contributed by atoms with E-state index in [1.54, 1.807) is 31.3 Å². The van der Waals surface area contributed by atoms with E-state index in [1.807, 2.05) is 12.1 Å². The van der Waals surface area contributed by atoms with Crippen LogP contribution in [-0.2, 0) is 0 Å². The van der Waals surface area contributed by atoms with E-state index in [2.05, 4.69) is 26.6 Å². The number of para-hydroxylation sites is 1. The van der Waals surface area contributed by atoms with E-state index in [9.17, 15) is 4.79 Å². The maximum atomic E-state index is 12.4. The molecule has 2 N–H and O–H groups in total. The number of halogens is 2. The lowest BCUT2D eigenvalue weighted by atomic mass is 10.1. The third-order valence-electron chi connectivity index (χ3n) is 2.90. The molecule has 21 heavy (non-hydrogen) atoms. The number of methoxy groups -OCH3 is 1. The van der Waals surface area contributed by atoms with Crippen molar-refractivity contribution >= 4 is 44.8 Å². The molecule has 2 aromatic carbocycles. The van der Waals surface area contributed by atoms with Gasteiger partial charge in [-0.15, -0.1) is 0 Å². The summed E-state index contributed by atoms with van der Waals surface area (Å²) in [6, 6.07) is 10.6. The molecule has 0 aliphatic carbocycles. The third kappa shape index (κ3) is 3.49. The summed E-state index contributed by atoms with van der Waals surface area (Å²) in [5.74, 6) is 0.280. The number of anilines is 2. The van der Waals surface area contributed by atoms with E-state index in [4.69, 9.17) is 16.3 Å². The van der Waals surface area contributed by atoms with Gasteiger partial charge in [-0.3, -0.25) is 4.79 Å². The van der Waals surface area contributed by atoms with Crippen LogP contribution in [-0.4, -0.2) is 20.1 Å². The second-order valence-electron chi connectivity index (χ2n) is 4.22. The topological polar surface area (TPSA) is 50.4 Å². The summed E-state index contributed by atoms with van der Waals surface area (Å²) >= 11 is 9.38. The third-order valence-corrected chi connectivity index (χ3v) is 3.71. The molecule has 4 nitrogen and oxygen atoms in total. The van der Waals surface area contributed by atoms with Crippen molar-refractivity contribution in [3.8, 4) is 5.75 Å². The van der Waals surface area contributed by atoms with Gasteiger partial charge in [-0.25, -0.2) is 0 Å². The molecule has 0 heterocycles. The number of nitrogens with one attached hydrogen (secondary N) is 2. The maximum absolute atomic E-state index is 12.4. The van der Waals surface area contributed by atoms with E-state index in [-0.39, 0.29) is 5.91 Å². The van der Waals surface area contributed by atoms with Gasteiger partial charge in [-0.05, 0) is 40.2 Å². The highest BCUT2D eigenvalue weighted by molar-refractivity contribution is 9.10. The van der Waals surface area contributed by atoms with Crippen molar-refractivity contribution in [3.63, 3.8) is 0 Å². The molecule has 2 aromatic rings. The zero-order valence-corrected chi connectivity index (χ0v) is 13.9. The highest BCUT2D eigenvalue weighted by Gasteiger charge is 2.15. The van der Waals surface area contributed by atoms with Crippen LogP contribution in [0.2, 0.25) is 5.02 Å². The average Bonchev–Trinajstić information content (AvgIpc) is 2.46. The predicted molar refractivity (Wildman–Crippen MR) is 89.6 cm³/mol. The van der Waals surface area contributed by atoms with Crippen LogP contribution >= 0.6 is 27.5 Å². The van der Waals surface area contributed by atoms with Crippen LogP contribution in [0.15, 0.2) is 40.9 Å². The second-order valence-corrected chi connectivity index (χ2v) is 5.51. The summed E-state index contributed by atoms with van der Waals surface area (Å²) in [5.41, 5.74) is 1.79. The van der Waals surface area contributed by atoms with Gasteiger partial charge in [0.15, 0.2) is 5.75 Å². The molecule has 6 heteroatoms. The Hall–Kier alpha value is -1.72. The molecule has 2 rings (SSSR count). The molecule has 0 saturated heterocycles. The van der Waals surface area contributed by atoms with Gasteiger partial charge in [0.25, 0.3) is 5.91 Å². The first-order chi connectivity index (χ1) is 10.1. The Balaban J connectivity index is 2.36. The number of hydrogen-bond donors (Lipinski definition) is 2. The second kappa shape index (κ2) is 6.83. The molecule has 0 atom stereocenters.